The third-order valence-corrected chi connectivity index (χ3v) is 7.85. The second kappa shape index (κ2) is 9.49. The molecule has 3 heterocycles. The summed E-state index contributed by atoms with van der Waals surface area (Å²) < 4.78 is 26.6. The molecule has 7 nitrogen and oxygen atoms in total. The number of aromatic nitrogens is 4. The van der Waals surface area contributed by atoms with E-state index in [1.54, 1.807) is 18.3 Å². The Morgan fingerprint density at radius 1 is 0.744 bits per heavy atom. The molecule has 0 spiro atoms. The topological polar surface area (TPSA) is 104 Å². The van der Waals surface area contributed by atoms with Gasteiger partial charge in [-0.25, -0.2) is 23.1 Å². The SMILES string of the molecule is CS(=O)(=O)c1cc(-c2nn(C(c3ccccc3)(c3ccccc3)c3ccccc3)c3cc(N)ncc23)ccn1. The summed E-state index contributed by atoms with van der Waals surface area (Å²) in [6.07, 6.45) is 4.32. The van der Waals surface area contributed by atoms with Gasteiger partial charge in [0.1, 0.15) is 17.1 Å². The number of nitrogen functional groups attached to an aromatic ring is 1. The predicted molar refractivity (Wildman–Crippen MR) is 153 cm³/mol. The molecule has 6 aromatic rings. The van der Waals surface area contributed by atoms with Crippen LogP contribution in [0.5, 0.6) is 0 Å². The Morgan fingerprint density at radius 2 is 1.28 bits per heavy atom. The summed E-state index contributed by atoms with van der Waals surface area (Å²) in [5, 5.41) is 5.94. The van der Waals surface area contributed by atoms with E-state index in [0.29, 0.717) is 17.1 Å². The van der Waals surface area contributed by atoms with Crippen molar-refractivity contribution in [1.29, 1.82) is 0 Å². The number of pyridine rings is 2. The molecular weight excluding hydrogens is 506 g/mol. The second-order valence-corrected chi connectivity index (χ2v) is 11.3. The van der Waals surface area contributed by atoms with Crippen LogP contribution in [0.2, 0.25) is 0 Å². The van der Waals surface area contributed by atoms with Gasteiger partial charge in [0.25, 0.3) is 0 Å². The van der Waals surface area contributed by atoms with Gasteiger partial charge in [-0.15, -0.1) is 0 Å². The van der Waals surface area contributed by atoms with Gasteiger partial charge >= 0.3 is 0 Å². The van der Waals surface area contributed by atoms with Crippen LogP contribution in [0.3, 0.4) is 0 Å². The number of benzene rings is 3. The molecule has 0 atom stereocenters. The molecule has 0 saturated heterocycles. The number of hydrogen-bond acceptors (Lipinski definition) is 6. The summed E-state index contributed by atoms with van der Waals surface area (Å²) in [7, 11) is -3.53. The lowest BCUT2D eigenvalue weighted by atomic mass is 9.77. The van der Waals surface area contributed by atoms with Crippen molar-refractivity contribution < 1.29 is 8.42 Å². The lowest BCUT2D eigenvalue weighted by molar-refractivity contribution is 0.477. The van der Waals surface area contributed by atoms with Gasteiger partial charge in [0.15, 0.2) is 14.9 Å². The van der Waals surface area contributed by atoms with Crippen LogP contribution in [0, 0.1) is 0 Å². The van der Waals surface area contributed by atoms with Gasteiger partial charge in [-0.05, 0) is 28.8 Å². The number of nitrogens with two attached hydrogens (primary N) is 1. The highest BCUT2D eigenvalue weighted by atomic mass is 32.2. The quantitative estimate of drug-likeness (QED) is 0.292. The average Bonchev–Trinajstić information content (AvgIpc) is 3.34. The molecule has 0 unspecified atom stereocenters. The molecule has 8 heteroatoms. The van der Waals surface area contributed by atoms with Gasteiger partial charge < -0.3 is 5.73 Å². The molecule has 3 aromatic heterocycles. The molecule has 0 saturated carbocycles. The lowest BCUT2D eigenvalue weighted by Crippen LogP contribution is -2.38. The Labute approximate surface area is 226 Å². The number of nitrogens with zero attached hydrogens (tertiary/aromatic N) is 4. The number of rotatable bonds is 6. The Morgan fingerprint density at radius 3 is 1.79 bits per heavy atom. The van der Waals surface area contributed by atoms with Crippen molar-refractivity contribution in [2.24, 2.45) is 0 Å². The van der Waals surface area contributed by atoms with E-state index in [4.69, 9.17) is 10.8 Å². The minimum Gasteiger partial charge on any atom is -0.384 e. The fourth-order valence-corrected chi connectivity index (χ4v) is 5.75. The van der Waals surface area contributed by atoms with Crippen molar-refractivity contribution in [3.63, 3.8) is 0 Å². The van der Waals surface area contributed by atoms with E-state index in [9.17, 15) is 8.42 Å². The normalized spacial score (nSPS) is 12.0. The maximum atomic E-state index is 12.3. The zero-order chi connectivity index (χ0) is 27.0. The van der Waals surface area contributed by atoms with Gasteiger partial charge in [-0.1, -0.05) is 91.0 Å². The summed E-state index contributed by atoms with van der Waals surface area (Å²) >= 11 is 0. The third kappa shape index (κ3) is 4.15. The highest BCUT2D eigenvalue weighted by Crippen LogP contribution is 2.44. The van der Waals surface area contributed by atoms with Crippen molar-refractivity contribution in [3.05, 3.63) is 138 Å². The van der Waals surface area contributed by atoms with Gasteiger partial charge in [0, 0.05) is 35.7 Å². The summed E-state index contributed by atoms with van der Waals surface area (Å²) in [4.78, 5) is 8.44. The highest BCUT2D eigenvalue weighted by molar-refractivity contribution is 7.90. The van der Waals surface area contributed by atoms with Crippen molar-refractivity contribution in [1.82, 2.24) is 19.7 Å². The van der Waals surface area contributed by atoms with Gasteiger partial charge in [-0.2, -0.15) is 5.10 Å². The molecule has 39 heavy (non-hydrogen) atoms. The lowest BCUT2D eigenvalue weighted by Gasteiger charge is -2.37. The van der Waals surface area contributed by atoms with Crippen molar-refractivity contribution in [2.75, 3.05) is 12.0 Å². The Kier molecular flexibility index (Phi) is 5.96. The Balaban J connectivity index is 1.78. The van der Waals surface area contributed by atoms with Gasteiger partial charge in [0.2, 0.25) is 0 Å². The molecular formula is C31H25N5O2S. The maximum absolute atomic E-state index is 12.3. The Bertz CT molecular complexity index is 1790. The molecule has 0 radical (unpaired) electrons. The van der Waals surface area contributed by atoms with Crippen LogP contribution in [0.25, 0.3) is 22.2 Å². The van der Waals surface area contributed by atoms with E-state index < -0.39 is 15.4 Å². The third-order valence-electron chi connectivity index (χ3n) is 6.87. The monoisotopic (exact) mass is 531 g/mol. The van der Waals surface area contributed by atoms with Crippen LogP contribution in [0.4, 0.5) is 5.82 Å². The van der Waals surface area contributed by atoms with E-state index in [1.165, 1.54) is 6.20 Å². The fourth-order valence-electron chi connectivity index (χ4n) is 5.16. The molecule has 6 rings (SSSR count). The van der Waals surface area contributed by atoms with Crippen molar-refractivity contribution in [3.8, 4) is 11.3 Å². The summed E-state index contributed by atoms with van der Waals surface area (Å²) in [6, 6.07) is 35.7. The molecule has 0 bridgehead atoms. The highest BCUT2D eigenvalue weighted by Gasteiger charge is 2.41. The molecule has 0 aliphatic rings. The molecule has 0 aliphatic carbocycles. The van der Waals surface area contributed by atoms with Crippen LogP contribution < -0.4 is 5.73 Å². The minimum atomic E-state index is -3.53. The standard InChI is InChI=1S/C31H25N5O2S/c1-39(37,38)29-19-22(17-18-33-29)30-26-21-34-28(32)20-27(26)36(35-30)31(23-11-5-2-6-12-23,24-13-7-3-8-14-24)25-15-9-4-10-16-25/h2-21H,1H3,(H2,32,34). The minimum absolute atomic E-state index is 0.0217. The van der Waals surface area contributed by atoms with Crippen LogP contribution >= 0.6 is 0 Å². The molecule has 0 amide bonds. The number of fused-ring (bicyclic) bond motifs is 1. The van der Waals surface area contributed by atoms with Crippen LogP contribution in [-0.4, -0.2) is 34.4 Å². The van der Waals surface area contributed by atoms with Gasteiger partial charge in [-0.3, -0.25) is 0 Å². The summed E-state index contributed by atoms with van der Waals surface area (Å²) in [6.45, 7) is 0. The van der Waals surface area contributed by atoms with Gasteiger partial charge in [0.05, 0.1) is 5.52 Å². The van der Waals surface area contributed by atoms with Crippen molar-refractivity contribution in [2.45, 2.75) is 10.6 Å². The second-order valence-electron chi connectivity index (χ2n) is 9.35. The van der Waals surface area contributed by atoms with Crippen LogP contribution in [0.15, 0.2) is 127 Å². The van der Waals surface area contributed by atoms with E-state index in [-0.39, 0.29) is 5.03 Å². The zero-order valence-corrected chi connectivity index (χ0v) is 22.0. The zero-order valence-electron chi connectivity index (χ0n) is 21.1. The van der Waals surface area contributed by atoms with E-state index in [1.807, 2.05) is 65.3 Å². The number of anilines is 1. The van der Waals surface area contributed by atoms with E-state index >= 15 is 0 Å². The average molecular weight is 532 g/mol. The smallest absolute Gasteiger partial charge is 0.192 e. The largest absolute Gasteiger partial charge is 0.384 e. The number of sulfone groups is 1. The van der Waals surface area contributed by atoms with E-state index in [2.05, 4.69) is 46.4 Å². The first-order valence-corrected chi connectivity index (χ1v) is 14.3. The molecule has 0 fully saturated rings. The van der Waals surface area contributed by atoms with Crippen molar-refractivity contribution >= 4 is 26.6 Å². The molecule has 192 valence electrons. The van der Waals surface area contributed by atoms with Crippen LogP contribution in [-0.2, 0) is 15.4 Å². The maximum Gasteiger partial charge on any atom is 0.192 e. The summed E-state index contributed by atoms with van der Waals surface area (Å²) in [5.74, 6) is 0.352. The fraction of sp³-hybridized carbons (Fsp3) is 0.0645. The molecule has 2 N–H and O–H groups in total. The first-order valence-electron chi connectivity index (χ1n) is 12.4. The van der Waals surface area contributed by atoms with Crippen LogP contribution in [0.1, 0.15) is 16.7 Å². The molecule has 3 aromatic carbocycles. The van der Waals surface area contributed by atoms with E-state index in [0.717, 1.165) is 33.8 Å². The number of hydrogen-bond donors (Lipinski definition) is 1. The molecule has 0 aliphatic heterocycles. The first-order chi connectivity index (χ1) is 18.9. The first kappa shape index (κ1) is 24.5. The Hall–Kier alpha value is -4.82. The summed E-state index contributed by atoms with van der Waals surface area (Å²) in [5.41, 5.74) is 10.3. The predicted octanol–water partition coefficient (Wildman–Crippen LogP) is 5.32.